The van der Waals surface area contributed by atoms with Crippen molar-refractivity contribution in [2.45, 2.75) is 85.2 Å². The summed E-state index contributed by atoms with van der Waals surface area (Å²) >= 11 is 0. The Morgan fingerprint density at radius 1 is 1.00 bits per heavy atom. The molecule has 2 aliphatic heterocycles. The van der Waals surface area contributed by atoms with Crippen molar-refractivity contribution in [3.63, 3.8) is 0 Å². The minimum atomic E-state index is -0.336. The Bertz CT molecular complexity index is 1610. The van der Waals surface area contributed by atoms with Crippen LogP contribution in [0.3, 0.4) is 0 Å². The molecule has 0 bridgehead atoms. The smallest absolute Gasteiger partial charge is 0.255 e. The third-order valence-corrected chi connectivity index (χ3v) is 9.24. The summed E-state index contributed by atoms with van der Waals surface area (Å²) in [5, 5.41) is 8.72. The molecule has 0 radical (unpaired) electrons. The van der Waals surface area contributed by atoms with Crippen molar-refractivity contribution in [3.8, 4) is 0 Å². The fraction of sp³-hybridized carbons (Fsp3) is 0.538. The highest BCUT2D eigenvalue weighted by Crippen LogP contribution is 2.29. The molecule has 282 valence electrons. The van der Waals surface area contributed by atoms with Crippen molar-refractivity contribution in [3.05, 3.63) is 53.2 Å². The summed E-state index contributed by atoms with van der Waals surface area (Å²) in [6, 6.07) is 8.86. The number of aliphatic imine (C=N–C) groups is 1. The lowest BCUT2D eigenvalue weighted by Crippen LogP contribution is -2.43. The quantitative estimate of drug-likeness (QED) is 0.169. The van der Waals surface area contributed by atoms with Crippen LogP contribution in [0.25, 0.3) is 6.08 Å². The number of carbonyl (C=O) groups excluding carboxylic acids is 4. The maximum atomic E-state index is 13.3. The predicted octanol–water partition coefficient (Wildman–Crippen LogP) is 4.80. The molecule has 2 aromatic rings. The number of amidine groups is 1. The molecule has 1 aromatic carbocycles. The molecule has 0 aliphatic carbocycles. The molecule has 1 fully saturated rings. The van der Waals surface area contributed by atoms with E-state index in [1.807, 2.05) is 43.9 Å². The van der Waals surface area contributed by atoms with E-state index in [2.05, 4.69) is 44.7 Å². The molecule has 4 amide bonds. The summed E-state index contributed by atoms with van der Waals surface area (Å²) in [6.45, 7) is 14.1. The number of piperidine rings is 1. The van der Waals surface area contributed by atoms with Gasteiger partial charge in [-0.3, -0.25) is 19.2 Å². The second kappa shape index (κ2) is 19.2. The van der Waals surface area contributed by atoms with Gasteiger partial charge in [-0.15, -0.1) is 0 Å². The van der Waals surface area contributed by atoms with Gasteiger partial charge in [0.1, 0.15) is 11.7 Å². The third-order valence-electron chi connectivity index (χ3n) is 9.24. The van der Waals surface area contributed by atoms with Crippen molar-refractivity contribution < 1.29 is 23.9 Å². The molecule has 0 spiro atoms. The first kappa shape index (κ1) is 40.0. The Kier molecular flexibility index (Phi) is 14.7. The Morgan fingerprint density at radius 3 is 2.37 bits per heavy atom. The molecule has 0 unspecified atom stereocenters. The lowest BCUT2D eigenvalue weighted by molar-refractivity contribution is -0.127. The Balaban J connectivity index is 1.24. The van der Waals surface area contributed by atoms with Crippen molar-refractivity contribution in [2.24, 2.45) is 16.6 Å². The van der Waals surface area contributed by atoms with Crippen molar-refractivity contribution >= 4 is 52.7 Å². The van der Waals surface area contributed by atoms with E-state index in [1.165, 1.54) is 0 Å². The number of nitrogens with one attached hydrogen (secondary N) is 3. The molecule has 5 N–H and O–H groups in total. The summed E-state index contributed by atoms with van der Waals surface area (Å²) in [7, 11) is 0. The number of aromatic nitrogens is 1. The molecule has 1 saturated heterocycles. The Morgan fingerprint density at radius 2 is 1.71 bits per heavy atom. The number of nitrogens with two attached hydrogens (primary N) is 1. The van der Waals surface area contributed by atoms with Crippen LogP contribution in [-0.4, -0.2) is 90.8 Å². The van der Waals surface area contributed by atoms with Gasteiger partial charge in [0.05, 0.1) is 23.2 Å². The largest absolute Gasteiger partial charge is 0.387 e. The van der Waals surface area contributed by atoms with Gasteiger partial charge in [-0.05, 0) is 83.2 Å². The van der Waals surface area contributed by atoms with Crippen LogP contribution >= 0.6 is 0 Å². The number of nitrogens with zero attached hydrogens (tertiary/aromatic N) is 4. The fourth-order valence-electron chi connectivity index (χ4n) is 6.45. The zero-order valence-electron chi connectivity index (χ0n) is 31.4. The highest BCUT2D eigenvalue weighted by molar-refractivity contribution is 6.08. The SMILES string of the molecule is CCCN(CCC)C(=O)C1=Cc2ccc(C(=O)Nc3ccc(N4CCC(C(=O)NCCNC(=O)CCC(C)(C)OCC)CC4)nc3)cc2N=C(N)C1. The normalized spacial score (nSPS) is 14.8. The predicted molar refractivity (Wildman–Crippen MR) is 206 cm³/mol. The van der Waals surface area contributed by atoms with Gasteiger partial charge in [0, 0.05) is 81.3 Å². The van der Waals surface area contributed by atoms with Gasteiger partial charge in [0.15, 0.2) is 0 Å². The zero-order valence-corrected chi connectivity index (χ0v) is 31.4. The van der Waals surface area contributed by atoms with Crippen molar-refractivity contribution in [2.75, 3.05) is 56.1 Å². The number of fused-ring (bicyclic) bond motifs is 1. The molecule has 13 nitrogen and oxygen atoms in total. The van der Waals surface area contributed by atoms with Gasteiger partial charge < -0.3 is 36.2 Å². The summed E-state index contributed by atoms with van der Waals surface area (Å²) in [5.41, 5.74) is 8.70. The zero-order chi connectivity index (χ0) is 37.7. The number of carbonyl (C=O) groups is 4. The summed E-state index contributed by atoms with van der Waals surface area (Å²) < 4.78 is 5.64. The Hall–Kier alpha value is -4.78. The number of hydrogen-bond donors (Lipinski definition) is 4. The molecule has 2 aliphatic rings. The molecular formula is C39H56N8O5. The van der Waals surface area contributed by atoms with E-state index >= 15 is 0 Å². The molecule has 0 atom stereocenters. The van der Waals surface area contributed by atoms with E-state index < -0.39 is 0 Å². The van der Waals surface area contributed by atoms with Gasteiger partial charge in [-0.2, -0.15) is 0 Å². The standard InChI is InChI=1S/C39H56N8O5/c1-6-19-47(20-7-2)38(51)30-23-28-9-10-29(24-32(28)45-33(40)25-30)37(50)44-31-11-12-34(43-26-31)46-21-14-27(15-22-46)36(49)42-18-17-41-35(48)13-16-39(4,5)52-8-3/h9-12,23-24,26-27H,6-8,13-22,25H2,1-5H3,(H2,40,45)(H,41,48)(H,42,49)(H,44,50). The van der Waals surface area contributed by atoms with E-state index in [0.717, 1.165) is 24.2 Å². The summed E-state index contributed by atoms with van der Waals surface area (Å²) in [4.78, 5) is 64.5. The molecule has 0 saturated carbocycles. The maximum absolute atomic E-state index is 13.3. The monoisotopic (exact) mass is 716 g/mol. The number of amides is 4. The average Bonchev–Trinajstić information content (AvgIpc) is 3.30. The average molecular weight is 717 g/mol. The summed E-state index contributed by atoms with van der Waals surface area (Å²) in [5.74, 6) is 0.593. The van der Waals surface area contributed by atoms with Crippen LogP contribution in [0, 0.1) is 5.92 Å². The number of hydrogen-bond acceptors (Lipinski definition) is 9. The van der Waals surface area contributed by atoms with Gasteiger partial charge in [0.25, 0.3) is 5.91 Å². The van der Waals surface area contributed by atoms with E-state index in [-0.39, 0.29) is 41.6 Å². The molecular weight excluding hydrogens is 660 g/mol. The van der Waals surface area contributed by atoms with Crippen LogP contribution in [0.15, 0.2) is 47.1 Å². The van der Waals surface area contributed by atoms with Gasteiger partial charge in [-0.25, -0.2) is 9.98 Å². The van der Waals surface area contributed by atoms with Crippen LogP contribution < -0.4 is 26.6 Å². The van der Waals surface area contributed by atoms with E-state index in [0.29, 0.717) is 99.9 Å². The van der Waals surface area contributed by atoms with Crippen molar-refractivity contribution in [1.29, 1.82) is 0 Å². The molecule has 52 heavy (non-hydrogen) atoms. The van der Waals surface area contributed by atoms with Crippen LogP contribution in [-0.2, 0) is 19.1 Å². The second-order valence-corrected chi connectivity index (χ2v) is 14.0. The van der Waals surface area contributed by atoms with Gasteiger partial charge in [-0.1, -0.05) is 19.9 Å². The number of rotatable bonds is 17. The number of ether oxygens (including phenoxy) is 1. The maximum Gasteiger partial charge on any atom is 0.255 e. The van der Waals surface area contributed by atoms with Gasteiger partial charge >= 0.3 is 0 Å². The summed E-state index contributed by atoms with van der Waals surface area (Å²) in [6.07, 6.45) is 7.83. The molecule has 1 aromatic heterocycles. The van der Waals surface area contributed by atoms with E-state index in [1.54, 1.807) is 24.4 Å². The minimum absolute atomic E-state index is 0.000816. The van der Waals surface area contributed by atoms with E-state index in [9.17, 15) is 19.2 Å². The number of anilines is 2. The highest BCUT2D eigenvalue weighted by atomic mass is 16.5. The topological polar surface area (TPSA) is 171 Å². The number of pyridine rings is 1. The van der Waals surface area contributed by atoms with Crippen LogP contribution in [0.4, 0.5) is 17.2 Å². The van der Waals surface area contributed by atoms with Crippen LogP contribution in [0.1, 0.15) is 95.5 Å². The van der Waals surface area contributed by atoms with E-state index in [4.69, 9.17) is 10.5 Å². The number of benzene rings is 1. The first-order valence-corrected chi connectivity index (χ1v) is 18.6. The lowest BCUT2D eigenvalue weighted by atomic mass is 9.96. The van der Waals surface area contributed by atoms with Gasteiger partial charge in [0.2, 0.25) is 17.7 Å². The fourth-order valence-corrected chi connectivity index (χ4v) is 6.45. The first-order chi connectivity index (χ1) is 24.9. The molecule has 4 rings (SSSR count). The highest BCUT2D eigenvalue weighted by Gasteiger charge is 2.26. The second-order valence-electron chi connectivity index (χ2n) is 14.0. The molecule has 13 heteroatoms. The van der Waals surface area contributed by atoms with Crippen LogP contribution in [0.2, 0.25) is 0 Å². The lowest BCUT2D eigenvalue weighted by Gasteiger charge is -2.32. The van der Waals surface area contributed by atoms with Crippen molar-refractivity contribution in [1.82, 2.24) is 20.5 Å². The van der Waals surface area contributed by atoms with Crippen LogP contribution in [0.5, 0.6) is 0 Å². The Labute approximate surface area is 307 Å². The molecule has 3 heterocycles. The third kappa shape index (κ3) is 11.6. The minimum Gasteiger partial charge on any atom is -0.387 e. The first-order valence-electron chi connectivity index (χ1n) is 18.6.